The van der Waals surface area contributed by atoms with Gasteiger partial charge in [-0.25, -0.2) is 0 Å². The van der Waals surface area contributed by atoms with Gasteiger partial charge < -0.3 is 15.0 Å². The second-order valence-electron chi connectivity index (χ2n) is 5.95. The fourth-order valence-corrected chi connectivity index (χ4v) is 3.00. The van der Waals surface area contributed by atoms with Crippen molar-refractivity contribution >= 4 is 28.3 Å². The zero-order chi connectivity index (χ0) is 16.4. The second-order valence-corrected chi connectivity index (χ2v) is 5.95. The molecule has 5 heteroatoms. The van der Waals surface area contributed by atoms with Crippen molar-refractivity contribution in [2.75, 3.05) is 18.4 Å². The summed E-state index contributed by atoms with van der Waals surface area (Å²) in [6.45, 7) is 4.68. The minimum absolute atomic E-state index is 0.0620. The molecular weight excluding hydrogens is 292 g/mol. The lowest BCUT2D eigenvalue weighted by atomic mass is 10.1. The van der Waals surface area contributed by atoms with Gasteiger partial charge in [-0.3, -0.25) is 9.59 Å². The molecule has 0 radical (unpaired) electrons. The first kappa shape index (κ1) is 15.5. The minimum Gasteiger partial charge on any atom is -0.372 e. The average Bonchev–Trinajstić information content (AvgIpc) is 2.53. The highest BCUT2D eigenvalue weighted by atomic mass is 16.5. The highest BCUT2D eigenvalue weighted by Gasteiger charge is 2.29. The summed E-state index contributed by atoms with van der Waals surface area (Å²) in [4.78, 5) is 26.3. The summed E-state index contributed by atoms with van der Waals surface area (Å²) in [5.41, 5.74) is 0.649. The Hall–Kier alpha value is -2.40. The van der Waals surface area contributed by atoms with Crippen LogP contribution < -0.4 is 5.32 Å². The van der Waals surface area contributed by atoms with E-state index in [1.165, 1.54) is 0 Å². The Labute approximate surface area is 135 Å². The maximum Gasteiger partial charge on any atom is 0.313 e. The summed E-state index contributed by atoms with van der Waals surface area (Å²) in [7, 11) is 0. The van der Waals surface area contributed by atoms with Crippen molar-refractivity contribution in [3.8, 4) is 0 Å². The molecule has 0 aliphatic carbocycles. The molecule has 3 rings (SSSR count). The molecule has 1 heterocycles. The smallest absolute Gasteiger partial charge is 0.313 e. The minimum atomic E-state index is -0.609. The summed E-state index contributed by atoms with van der Waals surface area (Å²) >= 11 is 0. The number of carbonyl (C=O) groups excluding carboxylic acids is 2. The maximum atomic E-state index is 12.4. The molecule has 0 bridgehead atoms. The Balaban J connectivity index is 1.77. The number of fused-ring (bicyclic) bond motifs is 1. The van der Waals surface area contributed by atoms with Gasteiger partial charge in [0.2, 0.25) is 0 Å². The van der Waals surface area contributed by atoms with Gasteiger partial charge in [0.25, 0.3) is 0 Å². The first-order valence-electron chi connectivity index (χ1n) is 7.78. The standard InChI is InChI=1S/C18H20N2O3/c1-12-10-20(11-13(2)23-12)18(22)17(21)19-16-9-5-7-14-6-3-4-8-15(14)16/h3-9,12-13H,10-11H2,1-2H3,(H,19,21). The first-order valence-corrected chi connectivity index (χ1v) is 7.78. The molecule has 1 aliphatic rings. The molecule has 2 atom stereocenters. The summed E-state index contributed by atoms with van der Waals surface area (Å²) in [6, 6.07) is 13.4. The molecule has 120 valence electrons. The molecule has 0 saturated carbocycles. The molecule has 2 unspecified atom stereocenters. The largest absolute Gasteiger partial charge is 0.372 e. The van der Waals surface area contributed by atoms with Crippen LogP contribution in [-0.2, 0) is 14.3 Å². The van der Waals surface area contributed by atoms with E-state index in [0.717, 1.165) is 10.8 Å². The number of rotatable bonds is 1. The summed E-state index contributed by atoms with van der Waals surface area (Å²) in [5.74, 6) is -1.12. The van der Waals surface area contributed by atoms with E-state index in [0.29, 0.717) is 18.8 Å². The zero-order valence-electron chi connectivity index (χ0n) is 13.3. The first-order chi connectivity index (χ1) is 11.0. The van der Waals surface area contributed by atoms with Crippen LogP contribution in [0.4, 0.5) is 5.69 Å². The highest BCUT2D eigenvalue weighted by molar-refractivity contribution is 6.40. The van der Waals surface area contributed by atoms with Crippen molar-refractivity contribution in [2.24, 2.45) is 0 Å². The Morgan fingerprint density at radius 2 is 1.70 bits per heavy atom. The predicted molar refractivity (Wildman–Crippen MR) is 89.2 cm³/mol. The summed E-state index contributed by atoms with van der Waals surface area (Å²) < 4.78 is 5.60. The molecule has 2 aromatic carbocycles. The monoisotopic (exact) mass is 312 g/mol. The number of hydrogen-bond donors (Lipinski definition) is 1. The van der Waals surface area contributed by atoms with Gasteiger partial charge in [0.15, 0.2) is 0 Å². The quantitative estimate of drug-likeness (QED) is 0.823. The number of carbonyl (C=O) groups is 2. The average molecular weight is 312 g/mol. The van der Waals surface area contributed by atoms with Gasteiger partial charge in [-0.05, 0) is 25.3 Å². The van der Waals surface area contributed by atoms with Crippen LogP contribution in [0.15, 0.2) is 42.5 Å². The Morgan fingerprint density at radius 3 is 2.43 bits per heavy atom. The highest BCUT2D eigenvalue weighted by Crippen LogP contribution is 2.23. The number of nitrogens with one attached hydrogen (secondary N) is 1. The Morgan fingerprint density at radius 1 is 1.04 bits per heavy atom. The number of anilines is 1. The van der Waals surface area contributed by atoms with Crippen LogP contribution in [0.3, 0.4) is 0 Å². The lowest BCUT2D eigenvalue weighted by molar-refractivity contribution is -0.151. The molecule has 2 aromatic rings. The van der Waals surface area contributed by atoms with Gasteiger partial charge >= 0.3 is 11.8 Å². The summed E-state index contributed by atoms with van der Waals surface area (Å²) in [5, 5.41) is 4.68. The van der Waals surface area contributed by atoms with Crippen LogP contribution in [0.2, 0.25) is 0 Å². The molecule has 1 fully saturated rings. The number of morpholine rings is 1. The van der Waals surface area contributed by atoms with Gasteiger partial charge in [0.1, 0.15) is 0 Å². The van der Waals surface area contributed by atoms with Crippen molar-refractivity contribution in [3.05, 3.63) is 42.5 Å². The number of nitrogens with zero attached hydrogens (tertiary/aromatic N) is 1. The second kappa shape index (κ2) is 6.38. The van der Waals surface area contributed by atoms with Gasteiger partial charge in [-0.15, -0.1) is 0 Å². The third-order valence-corrected chi connectivity index (χ3v) is 3.94. The molecule has 23 heavy (non-hydrogen) atoms. The Bertz CT molecular complexity index is 729. The number of benzene rings is 2. The third-order valence-electron chi connectivity index (χ3n) is 3.94. The van der Waals surface area contributed by atoms with Gasteiger partial charge in [-0.2, -0.15) is 0 Å². The summed E-state index contributed by atoms with van der Waals surface area (Å²) in [6.07, 6.45) is -0.124. The Kier molecular flexibility index (Phi) is 4.30. The molecule has 0 spiro atoms. The molecule has 1 N–H and O–H groups in total. The lowest BCUT2D eigenvalue weighted by Gasteiger charge is -2.34. The van der Waals surface area contributed by atoms with Gasteiger partial charge in [0, 0.05) is 24.2 Å². The molecule has 0 aromatic heterocycles. The molecular formula is C18H20N2O3. The van der Waals surface area contributed by atoms with E-state index >= 15 is 0 Å². The lowest BCUT2D eigenvalue weighted by Crippen LogP contribution is -2.51. The van der Waals surface area contributed by atoms with Crippen molar-refractivity contribution in [2.45, 2.75) is 26.1 Å². The number of amides is 2. The van der Waals surface area contributed by atoms with Crippen LogP contribution in [0, 0.1) is 0 Å². The fraction of sp³-hybridized carbons (Fsp3) is 0.333. The van der Waals surface area contributed by atoms with Crippen LogP contribution >= 0.6 is 0 Å². The normalized spacial score (nSPS) is 21.2. The fourth-order valence-electron chi connectivity index (χ4n) is 3.00. The third kappa shape index (κ3) is 3.35. The van der Waals surface area contributed by atoms with Crippen LogP contribution in [-0.4, -0.2) is 42.0 Å². The van der Waals surface area contributed by atoms with E-state index in [9.17, 15) is 9.59 Å². The zero-order valence-corrected chi connectivity index (χ0v) is 13.3. The van der Waals surface area contributed by atoms with Gasteiger partial charge in [-0.1, -0.05) is 36.4 Å². The van der Waals surface area contributed by atoms with Crippen molar-refractivity contribution in [1.82, 2.24) is 4.90 Å². The van der Waals surface area contributed by atoms with E-state index in [1.807, 2.05) is 50.2 Å². The van der Waals surface area contributed by atoms with E-state index < -0.39 is 11.8 Å². The SMILES string of the molecule is CC1CN(C(=O)C(=O)Nc2cccc3ccccc23)CC(C)O1. The van der Waals surface area contributed by atoms with Crippen LogP contribution in [0.25, 0.3) is 10.8 Å². The molecule has 1 aliphatic heterocycles. The van der Waals surface area contributed by atoms with E-state index in [-0.39, 0.29) is 12.2 Å². The van der Waals surface area contributed by atoms with Gasteiger partial charge in [0.05, 0.1) is 12.2 Å². The van der Waals surface area contributed by atoms with E-state index in [4.69, 9.17) is 4.74 Å². The topological polar surface area (TPSA) is 58.6 Å². The predicted octanol–water partition coefficient (Wildman–Crippen LogP) is 2.41. The number of hydrogen-bond acceptors (Lipinski definition) is 3. The molecule has 1 saturated heterocycles. The maximum absolute atomic E-state index is 12.4. The van der Waals surface area contributed by atoms with E-state index in [2.05, 4.69) is 5.32 Å². The van der Waals surface area contributed by atoms with Crippen molar-refractivity contribution in [3.63, 3.8) is 0 Å². The van der Waals surface area contributed by atoms with Crippen molar-refractivity contribution in [1.29, 1.82) is 0 Å². The van der Waals surface area contributed by atoms with Crippen LogP contribution in [0.5, 0.6) is 0 Å². The van der Waals surface area contributed by atoms with Crippen LogP contribution in [0.1, 0.15) is 13.8 Å². The number of ether oxygens (including phenoxy) is 1. The van der Waals surface area contributed by atoms with Crippen molar-refractivity contribution < 1.29 is 14.3 Å². The van der Waals surface area contributed by atoms with E-state index in [1.54, 1.807) is 11.0 Å². The molecule has 5 nitrogen and oxygen atoms in total. The molecule has 2 amide bonds.